The smallest absolute Gasteiger partial charge is 0.319 e. The number of hydrogen-bond acceptors (Lipinski definition) is 2. The highest BCUT2D eigenvalue weighted by molar-refractivity contribution is 5.90. The second-order valence-electron chi connectivity index (χ2n) is 5.22. The van der Waals surface area contributed by atoms with E-state index in [0.29, 0.717) is 5.56 Å². The van der Waals surface area contributed by atoms with Gasteiger partial charge in [-0.1, -0.05) is 24.3 Å². The molecule has 0 bridgehead atoms. The zero-order valence-electron chi connectivity index (χ0n) is 12.6. The number of rotatable bonds is 4. The van der Waals surface area contributed by atoms with Crippen molar-refractivity contribution in [1.82, 2.24) is 5.32 Å². The van der Waals surface area contributed by atoms with Crippen molar-refractivity contribution >= 4 is 11.7 Å². The molecule has 2 rings (SSSR count). The number of carbonyl (C=O) groups excluding carboxylic acids is 1. The van der Waals surface area contributed by atoms with Gasteiger partial charge in [-0.25, -0.2) is 9.18 Å². The highest BCUT2D eigenvalue weighted by Crippen LogP contribution is 2.16. The molecule has 4 nitrogen and oxygen atoms in total. The number of hydrogen-bond donors (Lipinski definition) is 3. The maximum Gasteiger partial charge on any atom is 0.319 e. The second kappa shape index (κ2) is 7.04. The molecule has 22 heavy (non-hydrogen) atoms. The summed E-state index contributed by atoms with van der Waals surface area (Å²) in [7, 11) is 0. The summed E-state index contributed by atoms with van der Waals surface area (Å²) in [6.45, 7) is 3.89. The SMILES string of the molecule is Cc1ccc(C)c(NC(=O)NC[C@@H](O)c2ccc(F)cc2)c1. The van der Waals surface area contributed by atoms with Crippen LogP contribution >= 0.6 is 0 Å². The quantitative estimate of drug-likeness (QED) is 0.811. The Hall–Kier alpha value is -2.40. The van der Waals surface area contributed by atoms with Crippen LogP contribution in [-0.4, -0.2) is 17.7 Å². The molecule has 2 aromatic carbocycles. The van der Waals surface area contributed by atoms with Gasteiger partial charge >= 0.3 is 6.03 Å². The first-order valence-corrected chi connectivity index (χ1v) is 7.01. The van der Waals surface area contributed by atoms with Crippen LogP contribution < -0.4 is 10.6 Å². The third-order valence-electron chi connectivity index (χ3n) is 3.35. The lowest BCUT2D eigenvalue weighted by Gasteiger charge is -2.14. The van der Waals surface area contributed by atoms with Crippen molar-refractivity contribution in [3.8, 4) is 0 Å². The van der Waals surface area contributed by atoms with Gasteiger partial charge in [-0.2, -0.15) is 0 Å². The lowest BCUT2D eigenvalue weighted by atomic mass is 10.1. The van der Waals surface area contributed by atoms with E-state index in [-0.39, 0.29) is 12.4 Å². The number of amides is 2. The van der Waals surface area contributed by atoms with Gasteiger partial charge in [0.1, 0.15) is 5.82 Å². The maximum absolute atomic E-state index is 12.8. The van der Waals surface area contributed by atoms with Crippen molar-refractivity contribution in [3.63, 3.8) is 0 Å². The molecule has 0 fully saturated rings. The Balaban J connectivity index is 1.89. The Morgan fingerprint density at radius 3 is 2.55 bits per heavy atom. The fraction of sp³-hybridized carbons (Fsp3) is 0.235. The molecule has 0 spiro atoms. The monoisotopic (exact) mass is 302 g/mol. The van der Waals surface area contributed by atoms with Gasteiger partial charge in [0, 0.05) is 12.2 Å². The van der Waals surface area contributed by atoms with E-state index in [1.165, 1.54) is 24.3 Å². The highest BCUT2D eigenvalue weighted by Gasteiger charge is 2.10. The minimum Gasteiger partial charge on any atom is -0.387 e. The molecule has 0 saturated carbocycles. The third kappa shape index (κ3) is 4.30. The van der Waals surface area contributed by atoms with Crippen LogP contribution in [0.25, 0.3) is 0 Å². The maximum atomic E-state index is 12.8. The van der Waals surface area contributed by atoms with Crippen LogP contribution in [0.5, 0.6) is 0 Å². The predicted molar refractivity (Wildman–Crippen MR) is 84.3 cm³/mol. The molecule has 0 aliphatic carbocycles. The van der Waals surface area contributed by atoms with E-state index in [1.807, 2.05) is 32.0 Å². The number of halogens is 1. The molecule has 116 valence electrons. The van der Waals surface area contributed by atoms with E-state index in [9.17, 15) is 14.3 Å². The van der Waals surface area contributed by atoms with Crippen molar-refractivity contribution in [1.29, 1.82) is 0 Å². The van der Waals surface area contributed by atoms with Gasteiger partial charge in [0.05, 0.1) is 6.10 Å². The zero-order chi connectivity index (χ0) is 16.1. The summed E-state index contributed by atoms with van der Waals surface area (Å²) < 4.78 is 12.8. The molecule has 2 aromatic rings. The topological polar surface area (TPSA) is 61.4 Å². The van der Waals surface area contributed by atoms with Crippen LogP contribution in [0.15, 0.2) is 42.5 Å². The Kier molecular flexibility index (Phi) is 5.12. The second-order valence-corrected chi connectivity index (χ2v) is 5.22. The number of urea groups is 1. The standard InChI is InChI=1S/C17H19FN2O2/c1-11-3-4-12(2)15(9-11)20-17(22)19-10-16(21)13-5-7-14(18)8-6-13/h3-9,16,21H,10H2,1-2H3,(H2,19,20,22)/t16-/m1/s1. The minimum absolute atomic E-state index is 0.0440. The van der Waals surface area contributed by atoms with Gasteiger partial charge in [0.25, 0.3) is 0 Å². The molecule has 0 heterocycles. The summed E-state index contributed by atoms with van der Waals surface area (Å²) in [5.74, 6) is -0.364. The van der Waals surface area contributed by atoms with Crippen molar-refractivity contribution < 1.29 is 14.3 Å². The van der Waals surface area contributed by atoms with Gasteiger partial charge in [-0.3, -0.25) is 0 Å². The van der Waals surface area contributed by atoms with Gasteiger partial charge in [0.2, 0.25) is 0 Å². The summed E-state index contributed by atoms with van der Waals surface area (Å²) in [6.07, 6.45) is -0.884. The zero-order valence-corrected chi connectivity index (χ0v) is 12.6. The van der Waals surface area contributed by atoms with Crippen LogP contribution in [0.2, 0.25) is 0 Å². The first kappa shape index (κ1) is 16.0. The number of aryl methyl sites for hydroxylation is 2. The van der Waals surface area contributed by atoms with Crippen molar-refractivity contribution in [2.24, 2.45) is 0 Å². The molecule has 0 aliphatic rings. The van der Waals surface area contributed by atoms with Crippen LogP contribution in [-0.2, 0) is 0 Å². The van der Waals surface area contributed by atoms with Gasteiger partial charge in [-0.05, 0) is 48.7 Å². The van der Waals surface area contributed by atoms with E-state index < -0.39 is 12.1 Å². The number of aliphatic hydroxyl groups is 1. The van der Waals surface area contributed by atoms with Crippen molar-refractivity contribution in [2.45, 2.75) is 20.0 Å². The Morgan fingerprint density at radius 1 is 1.18 bits per heavy atom. The first-order valence-electron chi connectivity index (χ1n) is 7.01. The van der Waals surface area contributed by atoms with E-state index in [1.54, 1.807) is 0 Å². The molecule has 5 heteroatoms. The molecule has 0 aliphatic heterocycles. The molecule has 2 amide bonds. The molecule has 1 atom stereocenters. The van der Waals surface area contributed by atoms with Crippen LogP contribution in [0, 0.1) is 19.7 Å². The molecule has 0 aromatic heterocycles. The van der Waals surface area contributed by atoms with Crippen LogP contribution in [0.4, 0.5) is 14.9 Å². The summed E-state index contributed by atoms with van der Waals surface area (Å²) in [5.41, 5.74) is 3.29. The number of carbonyl (C=O) groups is 1. The summed E-state index contributed by atoms with van der Waals surface area (Å²) >= 11 is 0. The van der Waals surface area contributed by atoms with Gasteiger partial charge in [0.15, 0.2) is 0 Å². The number of aliphatic hydroxyl groups excluding tert-OH is 1. The average molecular weight is 302 g/mol. The summed E-state index contributed by atoms with van der Waals surface area (Å²) in [5, 5.41) is 15.3. The number of benzene rings is 2. The lowest BCUT2D eigenvalue weighted by Crippen LogP contribution is -2.32. The van der Waals surface area contributed by atoms with E-state index in [2.05, 4.69) is 10.6 Å². The molecular formula is C17H19FN2O2. The largest absolute Gasteiger partial charge is 0.387 e. The Morgan fingerprint density at radius 2 is 1.86 bits per heavy atom. The normalized spacial score (nSPS) is 11.8. The molecule has 3 N–H and O–H groups in total. The summed E-state index contributed by atoms with van der Waals surface area (Å²) in [6, 6.07) is 10.9. The van der Waals surface area contributed by atoms with E-state index in [0.717, 1.165) is 16.8 Å². The molecule has 0 radical (unpaired) electrons. The molecule has 0 saturated heterocycles. The fourth-order valence-electron chi connectivity index (χ4n) is 2.03. The average Bonchev–Trinajstić information content (AvgIpc) is 2.49. The highest BCUT2D eigenvalue weighted by atomic mass is 19.1. The van der Waals surface area contributed by atoms with E-state index >= 15 is 0 Å². The Bertz CT molecular complexity index is 656. The lowest BCUT2D eigenvalue weighted by molar-refractivity contribution is 0.175. The first-order chi connectivity index (χ1) is 10.5. The third-order valence-corrected chi connectivity index (χ3v) is 3.35. The van der Waals surface area contributed by atoms with Gasteiger partial charge in [-0.15, -0.1) is 0 Å². The molecular weight excluding hydrogens is 283 g/mol. The van der Waals surface area contributed by atoms with Crippen molar-refractivity contribution in [3.05, 3.63) is 65.0 Å². The van der Waals surface area contributed by atoms with Gasteiger partial charge < -0.3 is 15.7 Å². The fourth-order valence-corrected chi connectivity index (χ4v) is 2.03. The minimum atomic E-state index is -0.884. The number of nitrogens with one attached hydrogen (secondary N) is 2. The summed E-state index contributed by atoms with van der Waals surface area (Å²) in [4.78, 5) is 11.9. The van der Waals surface area contributed by atoms with Crippen molar-refractivity contribution in [2.75, 3.05) is 11.9 Å². The van der Waals surface area contributed by atoms with E-state index in [4.69, 9.17) is 0 Å². The van der Waals surface area contributed by atoms with Crippen LogP contribution in [0.3, 0.4) is 0 Å². The number of anilines is 1. The predicted octanol–water partition coefficient (Wildman–Crippen LogP) is 3.30. The molecule has 0 unspecified atom stereocenters. The van der Waals surface area contributed by atoms with Crippen LogP contribution in [0.1, 0.15) is 22.8 Å². The Labute approximate surface area is 129 Å².